The molecule has 0 amide bonds. The van der Waals surface area contributed by atoms with Crippen LogP contribution in [0.5, 0.6) is 0 Å². The van der Waals surface area contributed by atoms with Crippen molar-refractivity contribution in [3.8, 4) is 11.4 Å². The van der Waals surface area contributed by atoms with Gasteiger partial charge in [-0.05, 0) is 66.7 Å². The van der Waals surface area contributed by atoms with Crippen LogP contribution in [0.25, 0.3) is 83.2 Å². The molecule has 0 saturated carbocycles. The van der Waals surface area contributed by atoms with Crippen molar-refractivity contribution in [3.63, 3.8) is 0 Å². The standard InChI is InChI=1S/C38H24N6O/c1-2-13-26-25(12-1)39-38-42(26)30-17-6-7-18-31(30)43(38)33-20-10-22-35-36(33)24-11-9-21-34(37(24)45-35)44-32-19-8-4-15-28(32)40-23-41(44)29-16-5-3-14-27(29)40/h1-22H,23H2. The Morgan fingerprint density at radius 2 is 1.18 bits per heavy atom. The third kappa shape index (κ3) is 2.87. The second-order valence-corrected chi connectivity index (χ2v) is 11.7. The number of fused-ring (bicyclic) bond motifs is 10. The van der Waals surface area contributed by atoms with E-state index < -0.39 is 0 Å². The topological polar surface area (TPSA) is 50.2 Å². The number of furan rings is 1. The predicted octanol–water partition coefficient (Wildman–Crippen LogP) is 8.97. The number of imidazole rings is 2. The third-order valence-corrected chi connectivity index (χ3v) is 9.42. The van der Waals surface area contributed by atoms with Gasteiger partial charge in [0.15, 0.2) is 5.58 Å². The zero-order valence-electron chi connectivity index (χ0n) is 24.0. The van der Waals surface area contributed by atoms with Gasteiger partial charge >= 0.3 is 0 Å². The molecule has 0 aliphatic carbocycles. The number of aromatic nitrogens is 6. The Hall–Kier alpha value is -6.21. The highest BCUT2D eigenvalue weighted by molar-refractivity contribution is 6.12. The molecule has 0 spiro atoms. The van der Waals surface area contributed by atoms with E-state index in [1.165, 1.54) is 16.6 Å². The van der Waals surface area contributed by atoms with Crippen molar-refractivity contribution < 1.29 is 4.42 Å². The molecule has 45 heavy (non-hydrogen) atoms. The van der Waals surface area contributed by atoms with Crippen molar-refractivity contribution in [1.29, 1.82) is 0 Å². The summed E-state index contributed by atoms with van der Waals surface area (Å²) in [7, 11) is 0. The van der Waals surface area contributed by atoms with Crippen LogP contribution in [0.15, 0.2) is 138 Å². The summed E-state index contributed by atoms with van der Waals surface area (Å²) in [5.41, 5.74) is 12.7. The van der Waals surface area contributed by atoms with Gasteiger partial charge in [0.25, 0.3) is 0 Å². The zero-order valence-corrected chi connectivity index (χ0v) is 24.0. The molecule has 11 rings (SSSR count). The first kappa shape index (κ1) is 23.3. The van der Waals surface area contributed by atoms with E-state index in [-0.39, 0.29) is 0 Å². The van der Waals surface area contributed by atoms with Crippen molar-refractivity contribution in [2.45, 2.75) is 6.67 Å². The van der Waals surface area contributed by atoms with Gasteiger partial charge in [0.2, 0.25) is 5.78 Å². The van der Waals surface area contributed by atoms with E-state index in [0.717, 1.165) is 73.3 Å². The molecule has 212 valence electrons. The molecule has 0 unspecified atom stereocenters. The van der Waals surface area contributed by atoms with Gasteiger partial charge in [0.1, 0.15) is 17.9 Å². The summed E-state index contributed by atoms with van der Waals surface area (Å²) in [5, 5.41) is 2.14. The van der Waals surface area contributed by atoms with Crippen LogP contribution in [0, 0.1) is 0 Å². The number of hydrogen-bond donors (Lipinski definition) is 0. The summed E-state index contributed by atoms with van der Waals surface area (Å²) in [6.07, 6.45) is 0. The second kappa shape index (κ2) is 8.24. The van der Waals surface area contributed by atoms with Crippen molar-refractivity contribution in [3.05, 3.63) is 133 Å². The lowest BCUT2D eigenvalue weighted by atomic mass is 10.1. The summed E-state index contributed by atoms with van der Waals surface area (Å²) in [6, 6.07) is 46.9. The predicted molar refractivity (Wildman–Crippen MR) is 180 cm³/mol. The quantitative estimate of drug-likeness (QED) is 0.205. The normalized spacial score (nSPS) is 12.8. The average Bonchev–Trinajstić information content (AvgIpc) is 3.83. The Morgan fingerprint density at radius 3 is 2.02 bits per heavy atom. The van der Waals surface area contributed by atoms with E-state index in [9.17, 15) is 0 Å². The molecular formula is C38H24N6O. The minimum absolute atomic E-state index is 0.735. The maximum absolute atomic E-state index is 6.85. The lowest BCUT2D eigenvalue weighted by Gasteiger charge is -2.21. The van der Waals surface area contributed by atoms with Crippen LogP contribution < -0.4 is 0 Å². The molecule has 0 N–H and O–H groups in total. The molecule has 7 nitrogen and oxygen atoms in total. The van der Waals surface area contributed by atoms with Crippen molar-refractivity contribution >= 4 is 71.8 Å². The molecule has 10 aromatic rings. The van der Waals surface area contributed by atoms with Crippen LogP contribution in [0.1, 0.15) is 0 Å². The fraction of sp³-hybridized carbons (Fsp3) is 0.0263. The van der Waals surface area contributed by atoms with Crippen molar-refractivity contribution in [1.82, 2.24) is 27.9 Å². The second-order valence-electron chi connectivity index (χ2n) is 11.7. The molecule has 0 saturated heterocycles. The molecule has 1 aliphatic heterocycles. The van der Waals surface area contributed by atoms with Crippen LogP contribution in [-0.4, -0.2) is 27.9 Å². The van der Waals surface area contributed by atoms with Gasteiger partial charge in [0.05, 0.1) is 55.2 Å². The van der Waals surface area contributed by atoms with Crippen LogP contribution in [-0.2, 0) is 6.67 Å². The Kier molecular flexibility index (Phi) is 4.26. The summed E-state index contributed by atoms with van der Waals surface area (Å²) in [6.45, 7) is 0.735. The molecule has 0 radical (unpaired) electrons. The number of nitrogens with zero attached hydrogens (tertiary/aromatic N) is 6. The van der Waals surface area contributed by atoms with E-state index >= 15 is 0 Å². The third-order valence-electron chi connectivity index (χ3n) is 9.42. The van der Waals surface area contributed by atoms with E-state index in [4.69, 9.17) is 9.40 Å². The van der Waals surface area contributed by atoms with Crippen LogP contribution in [0.3, 0.4) is 0 Å². The average molecular weight is 581 g/mol. The SMILES string of the molecule is c1ccc2c(c1)nc1n(-c3cccc4oc5c(-n6c7ccccc7n7c8ccccc8n6C7)cccc5c34)c3ccccc3n21. The molecule has 2 bridgehead atoms. The number of hydrogen-bond acceptors (Lipinski definition) is 2. The smallest absolute Gasteiger partial charge is 0.220 e. The monoisotopic (exact) mass is 580 g/mol. The maximum atomic E-state index is 6.85. The number of rotatable bonds is 2. The number of para-hydroxylation sites is 9. The minimum Gasteiger partial charge on any atom is -0.454 e. The maximum Gasteiger partial charge on any atom is 0.220 e. The fourth-order valence-electron chi connectivity index (χ4n) is 7.59. The van der Waals surface area contributed by atoms with E-state index in [2.05, 4.69) is 150 Å². The zero-order chi connectivity index (χ0) is 29.2. The Balaban J connectivity index is 1.28. The Morgan fingerprint density at radius 1 is 0.533 bits per heavy atom. The Labute approximate surface area is 255 Å². The molecule has 7 heteroatoms. The highest BCUT2D eigenvalue weighted by Gasteiger charge is 2.24. The largest absolute Gasteiger partial charge is 0.454 e. The fourth-order valence-corrected chi connectivity index (χ4v) is 7.59. The van der Waals surface area contributed by atoms with Crippen molar-refractivity contribution in [2.24, 2.45) is 0 Å². The van der Waals surface area contributed by atoms with Gasteiger partial charge in [-0.3, -0.25) is 13.6 Å². The van der Waals surface area contributed by atoms with E-state index in [0.29, 0.717) is 0 Å². The summed E-state index contributed by atoms with van der Waals surface area (Å²) in [4.78, 5) is 5.14. The highest BCUT2D eigenvalue weighted by atomic mass is 16.3. The van der Waals surface area contributed by atoms with Crippen molar-refractivity contribution in [2.75, 3.05) is 0 Å². The molecule has 4 aromatic heterocycles. The van der Waals surface area contributed by atoms with Crippen LogP contribution >= 0.6 is 0 Å². The van der Waals surface area contributed by atoms with Gasteiger partial charge in [-0.1, -0.05) is 66.7 Å². The van der Waals surface area contributed by atoms with Gasteiger partial charge in [-0.25, -0.2) is 9.67 Å². The first-order valence-corrected chi connectivity index (χ1v) is 15.2. The molecule has 0 atom stereocenters. The lowest BCUT2D eigenvalue weighted by molar-refractivity contribution is 0.542. The molecule has 5 heterocycles. The van der Waals surface area contributed by atoms with Gasteiger partial charge in [-0.15, -0.1) is 0 Å². The Bertz CT molecular complexity index is 2920. The molecule has 0 fully saturated rings. The van der Waals surface area contributed by atoms with E-state index in [1.807, 2.05) is 6.07 Å². The number of benzene rings is 6. The lowest BCUT2D eigenvalue weighted by Crippen LogP contribution is -2.19. The van der Waals surface area contributed by atoms with Gasteiger partial charge < -0.3 is 8.98 Å². The van der Waals surface area contributed by atoms with Crippen LogP contribution in [0.4, 0.5) is 0 Å². The summed E-state index contributed by atoms with van der Waals surface area (Å²) in [5.74, 6) is 0.883. The molecule has 6 aromatic carbocycles. The van der Waals surface area contributed by atoms with Gasteiger partial charge in [-0.2, -0.15) is 0 Å². The molecule has 1 aliphatic rings. The van der Waals surface area contributed by atoms with E-state index in [1.54, 1.807) is 0 Å². The first-order chi connectivity index (χ1) is 22.3. The minimum atomic E-state index is 0.735. The van der Waals surface area contributed by atoms with Gasteiger partial charge in [0, 0.05) is 5.39 Å². The molecular weight excluding hydrogens is 556 g/mol. The summed E-state index contributed by atoms with van der Waals surface area (Å²) < 4.78 is 18.4. The highest BCUT2D eigenvalue weighted by Crippen LogP contribution is 2.40. The first-order valence-electron chi connectivity index (χ1n) is 15.2. The summed E-state index contributed by atoms with van der Waals surface area (Å²) >= 11 is 0. The van der Waals surface area contributed by atoms with Crippen LogP contribution in [0.2, 0.25) is 0 Å².